The van der Waals surface area contributed by atoms with Crippen LogP contribution in [-0.4, -0.2) is 24.7 Å². The summed E-state index contributed by atoms with van der Waals surface area (Å²) in [7, 11) is -8.64. The van der Waals surface area contributed by atoms with Crippen LogP contribution in [0.4, 0.5) is 47.3 Å². The highest BCUT2D eigenvalue weighted by Gasteiger charge is 2.32. The van der Waals surface area contributed by atoms with Gasteiger partial charge in [-0.05, 0) is 73.7 Å². The zero-order chi connectivity index (χ0) is 28.0. The lowest BCUT2D eigenvalue weighted by Crippen LogP contribution is -2.17. The van der Waals surface area contributed by atoms with Crippen LogP contribution in [0.25, 0.3) is 4.13 Å². The van der Waals surface area contributed by atoms with Crippen molar-refractivity contribution in [1.82, 2.24) is 0 Å². The largest absolute Gasteiger partial charge is 0.453 e. The normalized spacial score (nSPS) is 12.5. The molecular formula is C27H24F3N4O3S2-. The molecule has 204 valence electrons. The molecule has 1 atom stereocenters. The van der Waals surface area contributed by atoms with Gasteiger partial charge in [-0.15, -0.1) is 0 Å². The zero-order valence-corrected chi connectivity index (χ0v) is 22.2. The van der Waals surface area contributed by atoms with E-state index in [1.54, 1.807) is 0 Å². The van der Waals surface area contributed by atoms with Gasteiger partial charge in [0.1, 0.15) is 10.0 Å². The first-order chi connectivity index (χ1) is 18.5. The van der Waals surface area contributed by atoms with E-state index in [9.17, 15) is 25.8 Å². The Morgan fingerprint density at radius 2 is 1.26 bits per heavy atom. The summed E-state index contributed by atoms with van der Waals surface area (Å²) in [6, 6.07) is 30.3. The Labute approximate surface area is 227 Å². The van der Waals surface area contributed by atoms with Crippen LogP contribution < -0.4 is 15.5 Å². The summed E-state index contributed by atoms with van der Waals surface area (Å²) < 4.78 is 75.5. The molecule has 2 N–H and O–H groups in total. The van der Waals surface area contributed by atoms with Crippen molar-refractivity contribution in [2.24, 2.45) is 0 Å². The fraction of sp³-hybridized carbons (Fsp3) is 0.111. The third-order valence-corrected chi connectivity index (χ3v) is 8.07. The summed E-state index contributed by atoms with van der Waals surface area (Å²) in [6.07, 6.45) is 0. The smallest absolute Gasteiger partial charge is 0.452 e. The van der Waals surface area contributed by atoms with Gasteiger partial charge in [0, 0.05) is 56.6 Å². The minimum atomic E-state index is -5.27. The molecule has 0 heterocycles. The Bertz CT molecular complexity index is 1530. The topological polar surface area (TPSA) is 92.6 Å². The van der Waals surface area contributed by atoms with Crippen LogP contribution in [0.1, 0.15) is 6.92 Å². The molecule has 0 bridgehead atoms. The predicted molar refractivity (Wildman–Crippen MR) is 150 cm³/mol. The van der Waals surface area contributed by atoms with Crippen molar-refractivity contribution in [3.63, 3.8) is 0 Å². The summed E-state index contributed by atoms with van der Waals surface area (Å²) in [5.74, 6) is 0. The van der Waals surface area contributed by atoms with Crippen LogP contribution in [0, 0.1) is 0 Å². The number of alkyl halides is 3. The molecule has 4 aromatic rings. The van der Waals surface area contributed by atoms with E-state index >= 15 is 0 Å². The number of sulfonamides is 1. The second-order valence-corrected chi connectivity index (χ2v) is 11.2. The first-order valence-electron chi connectivity index (χ1n) is 11.7. The van der Waals surface area contributed by atoms with Gasteiger partial charge < -0.3 is 19.7 Å². The summed E-state index contributed by atoms with van der Waals surface area (Å²) >= 11 is 0. The van der Waals surface area contributed by atoms with E-state index in [0.29, 0.717) is 17.9 Å². The summed E-state index contributed by atoms with van der Waals surface area (Å²) in [5, 5.41) is 6.59. The average molecular weight is 574 g/mol. The Balaban J connectivity index is 1.63. The molecule has 0 aliphatic carbocycles. The molecule has 0 spiro atoms. The molecule has 4 aromatic carbocycles. The number of nitrogens with one attached hydrogen (secondary N) is 2. The van der Waals surface area contributed by atoms with Gasteiger partial charge in [-0.2, -0.15) is 13.2 Å². The van der Waals surface area contributed by atoms with E-state index in [1.165, 1.54) is 12.1 Å². The highest BCUT2D eigenvalue weighted by molar-refractivity contribution is 8.09. The molecule has 0 aromatic heterocycles. The van der Waals surface area contributed by atoms with Crippen molar-refractivity contribution in [3.8, 4) is 0 Å². The lowest BCUT2D eigenvalue weighted by Gasteiger charge is -2.25. The molecule has 1 unspecified atom stereocenters. The maximum Gasteiger partial charge on any atom is 0.453 e. The molecule has 0 saturated heterocycles. The lowest BCUT2D eigenvalue weighted by atomic mass is 10.1. The van der Waals surface area contributed by atoms with Crippen molar-refractivity contribution >= 4 is 55.1 Å². The number of benzene rings is 4. The maximum atomic E-state index is 12.5. The van der Waals surface area contributed by atoms with E-state index in [-0.39, 0.29) is 0 Å². The Morgan fingerprint density at radius 3 is 1.77 bits per heavy atom. The van der Waals surface area contributed by atoms with Crippen molar-refractivity contribution in [2.75, 3.05) is 22.1 Å². The van der Waals surface area contributed by atoms with Gasteiger partial charge in [-0.25, -0.2) is 8.42 Å². The Morgan fingerprint density at radius 1 is 0.744 bits per heavy atom. The van der Waals surface area contributed by atoms with Crippen molar-refractivity contribution in [2.45, 2.75) is 17.3 Å². The zero-order valence-electron chi connectivity index (χ0n) is 20.6. The monoisotopic (exact) mass is 573 g/mol. The van der Waals surface area contributed by atoms with Gasteiger partial charge in [0.05, 0.1) is 0 Å². The van der Waals surface area contributed by atoms with Crippen LogP contribution in [0.5, 0.6) is 0 Å². The second-order valence-electron chi connectivity index (χ2n) is 8.23. The molecule has 0 aliphatic heterocycles. The van der Waals surface area contributed by atoms with Crippen LogP contribution in [0.2, 0.25) is 0 Å². The Hall–Kier alpha value is -3.87. The van der Waals surface area contributed by atoms with E-state index < -0.39 is 31.4 Å². The lowest BCUT2D eigenvalue weighted by molar-refractivity contribution is -0.0375. The van der Waals surface area contributed by atoms with E-state index in [1.807, 2.05) is 85.8 Å². The first-order valence-corrected chi connectivity index (χ1v) is 14.2. The van der Waals surface area contributed by atoms with Gasteiger partial charge in [0.25, 0.3) is 0 Å². The minimum Gasteiger partial charge on any atom is -0.452 e. The van der Waals surface area contributed by atoms with Crippen molar-refractivity contribution in [3.05, 3.63) is 107 Å². The van der Waals surface area contributed by atoms with Crippen molar-refractivity contribution in [1.29, 1.82) is 0 Å². The van der Waals surface area contributed by atoms with Crippen LogP contribution in [-0.2, 0) is 21.0 Å². The molecule has 0 saturated carbocycles. The molecule has 0 fully saturated rings. The molecule has 39 heavy (non-hydrogen) atoms. The molecule has 4 rings (SSSR count). The summed E-state index contributed by atoms with van der Waals surface area (Å²) in [6.45, 7) is 2.72. The van der Waals surface area contributed by atoms with Gasteiger partial charge in [-0.1, -0.05) is 36.4 Å². The highest BCUT2D eigenvalue weighted by Crippen LogP contribution is 2.34. The molecule has 7 nitrogen and oxygen atoms in total. The highest BCUT2D eigenvalue weighted by atomic mass is 32.3. The molecule has 0 aliphatic rings. The quantitative estimate of drug-likeness (QED) is 0.203. The third kappa shape index (κ3) is 7.37. The Kier molecular flexibility index (Phi) is 8.58. The first kappa shape index (κ1) is 28.1. The average Bonchev–Trinajstić information content (AvgIpc) is 2.90. The number of nitrogens with zero attached hydrogens (tertiary/aromatic N) is 2. The predicted octanol–water partition coefficient (Wildman–Crippen LogP) is 7.58. The fourth-order valence-electron chi connectivity index (χ4n) is 3.77. The van der Waals surface area contributed by atoms with Gasteiger partial charge in [-0.3, -0.25) is 4.21 Å². The number of para-hydroxylation sites is 2. The number of anilines is 6. The van der Waals surface area contributed by atoms with E-state index in [2.05, 4.69) is 19.7 Å². The second kappa shape index (κ2) is 11.9. The fourth-order valence-corrected chi connectivity index (χ4v) is 5.65. The molecular weight excluding hydrogens is 549 g/mol. The van der Waals surface area contributed by atoms with Crippen LogP contribution in [0.3, 0.4) is 0 Å². The van der Waals surface area contributed by atoms with Crippen LogP contribution in [0.15, 0.2) is 108 Å². The third-order valence-electron chi connectivity index (χ3n) is 5.48. The maximum absolute atomic E-state index is 12.5. The number of halogens is 3. The van der Waals surface area contributed by atoms with Gasteiger partial charge >= 0.3 is 5.51 Å². The summed E-state index contributed by atoms with van der Waals surface area (Å²) in [5.41, 5.74) is -0.537. The van der Waals surface area contributed by atoms with Gasteiger partial charge in [0.2, 0.25) is 0 Å². The molecule has 12 heteroatoms. The number of hydrogen-bond donors (Lipinski definition) is 2. The number of rotatable bonds is 10. The summed E-state index contributed by atoms with van der Waals surface area (Å²) in [4.78, 5) is 1.62. The van der Waals surface area contributed by atoms with Gasteiger partial charge in [0.15, 0.2) is 0 Å². The molecule has 0 radical (unpaired) electrons. The van der Waals surface area contributed by atoms with Crippen LogP contribution >= 0.6 is 0 Å². The minimum absolute atomic E-state index is 0.483. The van der Waals surface area contributed by atoms with E-state index in [0.717, 1.165) is 34.9 Å². The van der Waals surface area contributed by atoms with Crippen molar-refractivity contribution < 1.29 is 25.8 Å². The van der Waals surface area contributed by atoms with E-state index in [4.69, 9.17) is 0 Å². The number of hydrogen-bond acceptors (Lipinski definition) is 6. The SMILES string of the molecule is CCN(c1ccccc1)c1cc(Nc2ccccc2)cc(Nc2ccc(S(=O)(=O)[N-]S(=O)C(F)(F)F)cc2)c1. The standard InChI is InChI=1S/C27H24F3N4O3S2/c1-2-34(24-11-7-4-8-12-24)25-18-22(31-20-9-5-3-6-10-20)17-23(19-25)32-21-13-15-26(16-14-21)39(36,37)33-38(35)27(28,29)30/h3-19,31-32H,2H2,1H3/q-1. The molecule has 0 amide bonds.